The van der Waals surface area contributed by atoms with Gasteiger partial charge in [0.1, 0.15) is 18.7 Å². The summed E-state index contributed by atoms with van der Waals surface area (Å²) in [4.78, 5) is 13.1. The highest BCUT2D eigenvalue weighted by Crippen LogP contribution is 2.40. The molecule has 10 heteroatoms. The van der Waals surface area contributed by atoms with E-state index in [1.54, 1.807) is 49.2 Å². The monoisotopic (exact) mass is 469 g/mol. The van der Waals surface area contributed by atoms with Crippen molar-refractivity contribution in [1.82, 2.24) is 14.5 Å². The lowest BCUT2D eigenvalue weighted by molar-refractivity contribution is -0.212. The van der Waals surface area contributed by atoms with Crippen LogP contribution < -0.4 is 14.6 Å². The molecule has 0 bridgehead atoms. The Bertz CT molecular complexity index is 1110. The summed E-state index contributed by atoms with van der Waals surface area (Å²) < 4.78 is 24.0. The second kappa shape index (κ2) is 12.3. The Morgan fingerprint density at radius 2 is 1.85 bits per heavy atom. The van der Waals surface area contributed by atoms with Crippen molar-refractivity contribution in [2.24, 2.45) is 4.99 Å². The molecule has 3 aromatic rings. The van der Waals surface area contributed by atoms with Gasteiger partial charge in [-0.15, -0.1) is 6.54 Å². The van der Waals surface area contributed by atoms with E-state index >= 15 is 0 Å². The zero-order chi connectivity index (χ0) is 24.5. The largest absolute Gasteiger partial charge is 0.858 e. The number of hydrogen-bond donors (Lipinski definition) is 0. The molecular formula is C24H31N5O5-2. The SMILES string of the molecule is CCC(C[NH-])n1c(N=C([O-])c2ccnc(C)c2)nc2ccc(OCCOC)c(OCCOC)c21. The lowest BCUT2D eigenvalue weighted by Crippen LogP contribution is -2.20. The predicted octanol–water partition coefficient (Wildman–Crippen LogP) is 3.23. The molecule has 0 aliphatic heterocycles. The molecule has 0 saturated carbocycles. The number of aliphatic imine (C=N–C) groups is 1. The number of aryl methyl sites for hydroxylation is 1. The lowest BCUT2D eigenvalue weighted by atomic mass is 10.2. The van der Waals surface area contributed by atoms with Gasteiger partial charge in [-0.05, 0) is 49.1 Å². The Balaban J connectivity index is 2.19. The van der Waals surface area contributed by atoms with Crippen molar-refractivity contribution in [2.45, 2.75) is 26.3 Å². The van der Waals surface area contributed by atoms with Gasteiger partial charge in [0.15, 0.2) is 11.5 Å². The van der Waals surface area contributed by atoms with E-state index in [2.05, 4.69) is 15.0 Å². The van der Waals surface area contributed by atoms with E-state index < -0.39 is 5.90 Å². The van der Waals surface area contributed by atoms with Gasteiger partial charge in [-0.3, -0.25) is 4.98 Å². The van der Waals surface area contributed by atoms with Crippen molar-refractivity contribution >= 4 is 22.9 Å². The summed E-state index contributed by atoms with van der Waals surface area (Å²) in [6.45, 7) is 5.30. The van der Waals surface area contributed by atoms with E-state index in [-0.39, 0.29) is 18.5 Å². The average Bonchev–Trinajstić information content (AvgIpc) is 3.19. The molecule has 0 aliphatic carbocycles. The van der Waals surface area contributed by atoms with E-state index in [1.807, 2.05) is 13.8 Å². The third-order valence-corrected chi connectivity index (χ3v) is 5.25. The number of methoxy groups -OCH3 is 2. The van der Waals surface area contributed by atoms with E-state index in [0.29, 0.717) is 60.9 Å². The van der Waals surface area contributed by atoms with Crippen molar-refractivity contribution < 1.29 is 24.1 Å². The van der Waals surface area contributed by atoms with Crippen LogP contribution in [0.15, 0.2) is 35.5 Å². The molecule has 3 rings (SSSR count). The maximum absolute atomic E-state index is 13.0. The number of nitrogens with one attached hydrogen (secondary N) is 1. The van der Waals surface area contributed by atoms with Crippen LogP contribution in [0.5, 0.6) is 11.5 Å². The lowest BCUT2D eigenvalue weighted by Gasteiger charge is -2.23. The fraction of sp³-hybridized carbons (Fsp3) is 0.458. The van der Waals surface area contributed by atoms with Crippen LogP contribution in [0.25, 0.3) is 16.8 Å². The van der Waals surface area contributed by atoms with Crippen molar-refractivity contribution in [1.29, 1.82) is 0 Å². The zero-order valence-corrected chi connectivity index (χ0v) is 20.0. The minimum atomic E-state index is -0.430. The molecule has 0 spiro atoms. The van der Waals surface area contributed by atoms with Crippen LogP contribution in [0, 0.1) is 6.92 Å². The second-order valence-electron chi connectivity index (χ2n) is 7.59. The van der Waals surface area contributed by atoms with Crippen LogP contribution in [0.4, 0.5) is 5.95 Å². The summed E-state index contributed by atoms with van der Waals surface area (Å²) in [6.07, 6.45) is 2.22. The Morgan fingerprint density at radius 3 is 2.50 bits per heavy atom. The fourth-order valence-electron chi connectivity index (χ4n) is 3.52. The van der Waals surface area contributed by atoms with Crippen LogP contribution in [0.1, 0.15) is 30.6 Å². The first-order chi connectivity index (χ1) is 16.5. The molecule has 1 unspecified atom stereocenters. The number of nitrogens with zero attached hydrogens (tertiary/aromatic N) is 4. The standard InChI is InChI=1S/C24H32N5O5/c1-5-18(15-25)29-21-19(27-24(29)28-23(30)17-8-9-26-16(2)14-17)6-7-20(33-12-10-31-3)22(21)34-13-11-32-4/h6-9,14,18,25H,5,10-13,15H2,1-4H3,(H,27,28,30)/q-1/p-1. The normalized spacial score (nSPS) is 12.8. The van der Waals surface area contributed by atoms with E-state index in [4.69, 9.17) is 24.7 Å². The number of hydrogen-bond acceptors (Lipinski definition) is 8. The van der Waals surface area contributed by atoms with Gasteiger partial charge < -0.3 is 34.4 Å². The minimum absolute atomic E-state index is 0.0826. The Hall–Kier alpha value is -3.21. The van der Waals surface area contributed by atoms with Gasteiger partial charge in [0.05, 0.1) is 18.7 Å². The molecule has 10 nitrogen and oxygen atoms in total. The summed E-state index contributed by atoms with van der Waals surface area (Å²) >= 11 is 0. The van der Waals surface area contributed by atoms with Crippen LogP contribution in [0.3, 0.4) is 0 Å². The van der Waals surface area contributed by atoms with Crippen molar-refractivity contribution in [3.8, 4) is 11.5 Å². The summed E-state index contributed by atoms with van der Waals surface area (Å²) in [5.41, 5.74) is 10.5. The molecule has 34 heavy (non-hydrogen) atoms. The molecule has 2 aromatic heterocycles. The smallest absolute Gasteiger partial charge is 0.230 e. The average molecular weight is 470 g/mol. The topological polar surface area (TPSA) is 127 Å². The summed E-state index contributed by atoms with van der Waals surface area (Å²) in [6, 6.07) is 6.61. The summed E-state index contributed by atoms with van der Waals surface area (Å²) in [5, 5.41) is 13.0. The molecule has 1 N–H and O–H groups in total. The molecule has 0 fully saturated rings. The number of rotatable bonds is 13. The van der Waals surface area contributed by atoms with Gasteiger partial charge in [0.25, 0.3) is 0 Å². The molecule has 1 aromatic carbocycles. The molecule has 2 heterocycles. The Labute approximate surface area is 199 Å². The van der Waals surface area contributed by atoms with Crippen molar-refractivity contribution in [3.05, 3.63) is 47.5 Å². The summed E-state index contributed by atoms with van der Waals surface area (Å²) in [7, 11) is 3.20. The quantitative estimate of drug-likeness (QED) is 0.214. The van der Waals surface area contributed by atoms with Gasteiger partial charge in [-0.25, -0.2) is 9.98 Å². The van der Waals surface area contributed by atoms with Crippen LogP contribution >= 0.6 is 0 Å². The fourth-order valence-corrected chi connectivity index (χ4v) is 3.52. The molecule has 0 aliphatic rings. The highest BCUT2D eigenvalue weighted by Gasteiger charge is 2.22. The van der Waals surface area contributed by atoms with E-state index in [9.17, 15) is 5.11 Å². The maximum Gasteiger partial charge on any atom is 0.230 e. The number of fused-ring (bicyclic) bond motifs is 1. The zero-order valence-electron chi connectivity index (χ0n) is 20.0. The number of imidazole rings is 1. The molecule has 0 amide bonds. The second-order valence-corrected chi connectivity index (χ2v) is 7.59. The van der Waals surface area contributed by atoms with Gasteiger partial charge in [-0.2, -0.15) is 0 Å². The number of ether oxygens (including phenoxy) is 4. The van der Waals surface area contributed by atoms with Gasteiger partial charge in [0.2, 0.25) is 5.95 Å². The van der Waals surface area contributed by atoms with Gasteiger partial charge >= 0.3 is 0 Å². The highest BCUT2D eigenvalue weighted by molar-refractivity contribution is 5.93. The maximum atomic E-state index is 13.0. The van der Waals surface area contributed by atoms with Gasteiger partial charge in [0, 0.05) is 32.2 Å². The number of benzene rings is 1. The molecular weight excluding hydrogens is 438 g/mol. The Kier molecular flexibility index (Phi) is 9.20. The highest BCUT2D eigenvalue weighted by atomic mass is 16.5. The van der Waals surface area contributed by atoms with E-state index in [1.165, 1.54) is 0 Å². The molecule has 0 radical (unpaired) electrons. The van der Waals surface area contributed by atoms with Crippen LogP contribution in [-0.4, -0.2) is 67.6 Å². The number of pyridine rings is 1. The van der Waals surface area contributed by atoms with Crippen molar-refractivity contribution in [2.75, 3.05) is 47.2 Å². The van der Waals surface area contributed by atoms with Crippen LogP contribution in [0.2, 0.25) is 0 Å². The molecule has 0 saturated heterocycles. The summed E-state index contributed by atoms with van der Waals surface area (Å²) in [5.74, 6) is 0.780. The molecule has 1 atom stereocenters. The first-order valence-corrected chi connectivity index (χ1v) is 11.2. The van der Waals surface area contributed by atoms with E-state index in [0.717, 1.165) is 5.69 Å². The third kappa shape index (κ3) is 5.82. The molecule has 184 valence electrons. The van der Waals surface area contributed by atoms with Crippen LogP contribution in [-0.2, 0) is 9.47 Å². The van der Waals surface area contributed by atoms with Crippen molar-refractivity contribution in [3.63, 3.8) is 0 Å². The van der Waals surface area contributed by atoms with Gasteiger partial charge in [-0.1, -0.05) is 6.92 Å². The Morgan fingerprint density at radius 1 is 1.12 bits per heavy atom. The number of aromatic nitrogens is 3. The third-order valence-electron chi connectivity index (χ3n) is 5.25. The first kappa shape index (κ1) is 25.4. The minimum Gasteiger partial charge on any atom is -0.858 e. The predicted molar refractivity (Wildman–Crippen MR) is 128 cm³/mol. The first-order valence-electron chi connectivity index (χ1n) is 11.2.